The van der Waals surface area contributed by atoms with E-state index in [0.717, 1.165) is 17.0 Å². The number of imide groups is 1. The average Bonchev–Trinajstić information content (AvgIpc) is 2.89. The van der Waals surface area contributed by atoms with E-state index in [0.29, 0.717) is 23.4 Å². The molecule has 0 atom stereocenters. The van der Waals surface area contributed by atoms with E-state index in [4.69, 9.17) is 5.73 Å². The predicted octanol–water partition coefficient (Wildman–Crippen LogP) is 1.93. The minimum absolute atomic E-state index is 0.0377. The number of benzene rings is 1. The van der Waals surface area contributed by atoms with Gasteiger partial charge in [-0.2, -0.15) is 13.2 Å². The van der Waals surface area contributed by atoms with Crippen LogP contribution >= 0.6 is 0 Å². The Morgan fingerprint density at radius 3 is 2.32 bits per heavy atom. The molecule has 1 aliphatic rings. The van der Waals surface area contributed by atoms with Crippen LogP contribution in [0.5, 0.6) is 0 Å². The predicted molar refractivity (Wildman–Crippen MR) is 91.6 cm³/mol. The van der Waals surface area contributed by atoms with Crippen LogP contribution in [0.15, 0.2) is 47.6 Å². The van der Waals surface area contributed by atoms with Gasteiger partial charge >= 0.3 is 11.5 Å². The van der Waals surface area contributed by atoms with Crippen molar-refractivity contribution in [2.24, 2.45) is 0 Å². The highest BCUT2D eigenvalue weighted by atomic mass is 32.2. The van der Waals surface area contributed by atoms with Crippen molar-refractivity contribution in [2.75, 3.05) is 17.2 Å². The zero-order valence-corrected chi connectivity index (χ0v) is 14.9. The molecular weight excluding hydrogens is 401 g/mol. The third-order valence-corrected chi connectivity index (χ3v) is 5.56. The third kappa shape index (κ3) is 3.38. The number of amides is 3. The number of anilines is 2. The van der Waals surface area contributed by atoms with Gasteiger partial charge in [-0.3, -0.25) is 9.78 Å². The van der Waals surface area contributed by atoms with E-state index >= 15 is 0 Å². The summed E-state index contributed by atoms with van der Waals surface area (Å²) in [5, 5.41) is 0. The largest absolute Gasteiger partial charge is 0.501 e. The fourth-order valence-corrected chi connectivity index (χ4v) is 3.38. The smallest absolute Gasteiger partial charge is 0.397 e. The maximum atomic E-state index is 12.6. The quantitative estimate of drug-likeness (QED) is 0.765. The van der Waals surface area contributed by atoms with Gasteiger partial charge in [-0.25, -0.2) is 18.1 Å². The molecule has 1 fully saturated rings. The molecule has 3 amide bonds. The number of hydrogen-bond donors (Lipinski definition) is 1. The third-order valence-electron chi connectivity index (χ3n) is 4.05. The van der Waals surface area contributed by atoms with E-state index in [1.165, 1.54) is 17.3 Å². The number of sulfone groups is 1. The molecule has 2 aromatic rings. The van der Waals surface area contributed by atoms with E-state index < -0.39 is 32.2 Å². The molecule has 1 aromatic heterocycles. The highest BCUT2D eigenvalue weighted by Gasteiger charge is 2.47. The van der Waals surface area contributed by atoms with Gasteiger partial charge in [-0.1, -0.05) is 0 Å². The van der Waals surface area contributed by atoms with E-state index in [1.54, 1.807) is 6.07 Å². The van der Waals surface area contributed by atoms with Crippen LogP contribution in [0, 0.1) is 0 Å². The van der Waals surface area contributed by atoms with E-state index in [1.807, 2.05) is 0 Å². The number of nitrogen functional groups attached to an aromatic ring is 1. The van der Waals surface area contributed by atoms with Crippen molar-refractivity contribution in [3.05, 3.63) is 48.3 Å². The van der Waals surface area contributed by atoms with Crippen molar-refractivity contribution in [3.63, 3.8) is 0 Å². The summed E-state index contributed by atoms with van der Waals surface area (Å²) in [7, 11) is -5.52. The van der Waals surface area contributed by atoms with Crippen molar-refractivity contribution in [1.29, 1.82) is 0 Å². The van der Waals surface area contributed by atoms with Crippen molar-refractivity contribution in [2.45, 2.75) is 16.9 Å². The van der Waals surface area contributed by atoms with E-state index in [-0.39, 0.29) is 18.8 Å². The number of nitrogens with two attached hydrogens (primary N) is 1. The molecule has 28 heavy (non-hydrogen) atoms. The molecule has 0 saturated carbocycles. The first-order chi connectivity index (χ1) is 13.0. The molecule has 3 rings (SSSR count). The van der Waals surface area contributed by atoms with Gasteiger partial charge in [0.2, 0.25) is 0 Å². The minimum Gasteiger partial charge on any atom is -0.397 e. The van der Waals surface area contributed by atoms with Gasteiger partial charge in [0, 0.05) is 6.20 Å². The van der Waals surface area contributed by atoms with Crippen LogP contribution in [0.25, 0.3) is 0 Å². The lowest BCUT2D eigenvalue weighted by Crippen LogP contribution is -2.33. The molecule has 1 saturated heterocycles. The summed E-state index contributed by atoms with van der Waals surface area (Å²) in [6, 6.07) is 4.22. The van der Waals surface area contributed by atoms with Crippen molar-refractivity contribution in [1.82, 2.24) is 9.88 Å². The molecule has 0 spiro atoms. The average molecular weight is 414 g/mol. The van der Waals surface area contributed by atoms with Gasteiger partial charge in [0.25, 0.3) is 15.7 Å². The highest BCUT2D eigenvalue weighted by Crippen LogP contribution is 2.32. The Hall–Kier alpha value is -3.15. The van der Waals surface area contributed by atoms with Crippen LogP contribution in [0.1, 0.15) is 5.56 Å². The number of halogens is 3. The number of rotatable bonds is 4. The number of hydrogen-bond acceptors (Lipinski definition) is 6. The van der Waals surface area contributed by atoms with E-state index in [9.17, 15) is 31.2 Å². The molecule has 148 valence electrons. The summed E-state index contributed by atoms with van der Waals surface area (Å²) in [6.45, 7) is -0.223. The molecule has 0 bridgehead atoms. The maximum Gasteiger partial charge on any atom is 0.501 e. The summed E-state index contributed by atoms with van der Waals surface area (Å²) in [5.41, 5.74) is 1.19. The molecule has 8 nitrogen and oxygen atoms in total. The Bertz CT molecular complexity index is 1040. The number of alkyl halides is 3. The second-order valence-corrected chi connectivity index (χ2v) is 7.83. The van der Waals surface area contributed by atoms with Gasteiger partial charge in [0.15, 0.2) is 0 Å². The molecular formula is C16H13F3N4O4S. The number of pyridine rings is 1. The standard InChI is InChI=1S/C16H13F3N4O4S/c17-16(18,19)28(26,27)12-3-1-11(2-4-12)23-14(24)9-22(15(23)25)8-10-5-6-21-7-13(10)20/h1-7H,8-9,20H2. The van der Waals surface area contributed by atoms with E-state index in [2.05, 4.69) is 4.98 Å². The fraction of sp³-hybridized carbons (Fsp3) is 0.188. The van der Waals surface area contributed by atoms with Crippen LogP contribution in [0.2, 0.25) is 0 Å². The zero-order chi connectivity index (χ0) is 20.7. The van der Waals surface area contributed by atoms with Crippen molar-refractivity contribution >= 4 is 33.2 Å². The Morgan fingerprint density at radius 1 is 1.11 bits per heavy atom. The van der Waals surface area contributed by atoms with Crippen molar-refractivity contribution in [3.8, 4) is 0 Å². The molecule has 0 radical (unpaired) electrons. The molecule has 2 N–H and O–H groups in total. The maximum absolute atomic E-state index is 12.6. The number of carbonyl (C=O) groups is 2. The second-order valence-electron chi connectivity index (χ2n) is 5.89. The number of aromatic nitrogens is 1. The summed E-state index contributed by atoms with van der Waals surface area (Å²) in [4.78, 5) is 29.6. The number of nitrogens with zero attached hydrogens (tertiary/aromatic N) is 3. The Morgan fingerprint density at radius 2 is 1.75 bits per heavy atom. The summed E-state index contributed by atoms with van der Waals surface area (Å²) in [6.07, 6.45) is 2.88. The Balaban J connectivity index is 1.83. The summed E-state index contributed by atoms with van der Waals surface area (Å²) >= 11 is 0. The highest BCUT2D eigenvalue weighted by molar-refractivity contribution is 7.92. The monoisotopic (exact) mass is 414 g/mol. The normalized spacial score (nSPS) is 15.4. The molecule has 0 aliphatic carbocycles. The number of urea groups is 1. The van der Waals surface area contributed by atoms with Gasteiger partial charge < -0.3 is 10.6 Å². The zero-order valence-electron chi connectivity index (χ0n) is 14.0. The lowest BCUT2D eigenvalue weighted by Gasteiger charge is -2.18. The van der Waals surface area contributed by atoms with Gasteiger partial charge in [0.1, 0.15) is 6.54 Å². The topological polar surface area (TPSA) is 114 Å². The lowest BCUT2D eigenvalue weighted by molar-refractivity contribution is -0.116. The number of carbonyl (C=O) groups excluding carboxylic acids is 2. The van der Waals surface area contributed by atoms with Gasteiger partial charge in [0.05, 0.1) is 29.0 Å². The first-order valence-corrected chi connectivity index (χ1v) is 9.22. The van der Waals surface area contributed by atoms with Crippen molar-refractivity contribution < 1.29 is 31.2 Å². The molecule has 2 heterocycles. The first kappa shape index (κ1) is 19.6. The molecule has 12 heteroatoms. The van der Waals surface area contributed by atoms with Crippen LogP contribution < -0.4 is 10.6 Å². The van der Waals surface area contributed by atoms with Crippen LogP contribution in [0.4, 0.5) is 29.3 Å². The SMILES string of the molecule is Nc1cnccc1CN1CC(=O)N(c2ccc(S(=O)(=O)C(F)(F)F)cc2)C1=O. The summed E-state index contributed by atoms with van der Waals surface area (Å²) < 4.78 is 60.6. The molecule has 1 aromatic carbocycles. The summed E-state index contributed by atoms with van der Waals surface area (Å²) in [5.74, 6) is -0.607. The lowest BCUT2D eigenvalue weighted by atomic mass is 10.2. The molecule has 1 aliphatic heterocycles. The molecule has 0 unspecified atom stereocenters. The Kier molecular flexibility index (Phi) is 4.75. The van der Waals surface area contributed by atoms with Crippen LogP contribution in [0.3, 0.4) is 0 Å². The van der Waals surface area contributed by atoms with Crippen LogP contribution in [-0.4, -0.2) is 42.3 Å². The van der Waals surface area contributed by atoms with Gasteiger partial charge in [-0.15, -0.1) is 0 Å². The Labute approximate surface area is 157 Å². The second kappa shape index (κ2) is 6.78. The minimum atomic E-state index is -5.52. The van der Waals surface area contributed by atoms with Gasteiger partial charge in [-0.05, 0) is 35.9 Å². The first-order valence-electron chi connectivity index (χ1n) is 7.74. The van der Waals surface area contributed by atoms with Crippen LogP contribution in [-0.2, 0) is 21.2 Å². The fourth-order valence-electron chi connectivity index (χ4n) is 2.62.